The molecule has 90 valence electrons. The number of aryl methyl sites for hydroxylation is 1. The minimum absolute atomic E-state index is 0.877. The molecule has 0 N–H and O–H groups in total. The molecular weight excluding hydrogens is 208 g/mol. The molecule has 1 heteroatoms. The summed E-state index contributed by atoms with van der Waals surface area (Å²) in [5.41, 5.74) is 1.33. The van der Waals surface area contributed by atoms with E-state index in [-0.39, 0.29) is 0 Å². The zero-order chi connectivity index (χ0) is 12.5. The van der Waals surface area contributed by atoms with E-state index in [0.29, 0.717) is 0 Å². The maximum Gasteiger partial charge on any atom is 0.127 e. The van der Waals surface area contributed by atoms with Crippen LogP contribution in [0, 0.1) is 0 Å². The molecule has 0 aliphatic heterocycles. The summed E-state index contributed by atoms with van der Waals surface area (Å²) in [7, 11) is 0. The molecule has 2 aromatic carbocycles. The van der Waals surface area contributed by atoms with Gasteiger partial charge in [0.15, 0.2) is 0 Å². The van der Waals surface area contributed by atoms with Crippen molar-refractivity contribution >= 4 is 0 Å². The number of ether oxygens (including phenoxy) is 1. The van der Waals surface area contributed by atoms with Gasteiger partial charge in [-0.1, -0.05) is 51.1 Å². The van der Waals surface area contributed by atoms with Crippen molar-refractivity contribution in [2.75, 3.05) is 0 Å². The van der Waals surface area contributed by atoms with Crippen LogP contribution in [0.4, 0.5) is 0 Å². The van der Waals surface area contributed by atoms with Gasteiger partial charge in [0, 0.05) is 0 Å². The first-order valence-corrected chi connectivity index (χ1v) is 6.20. The van der Waals surface area contributed by atoms with Gasteiger partial charge in [-0.05, 0) is 36.2 Å². The number of hydrogen-bond donors (Lipinski definition) is 0. The standard InChI is InChI=1S/C14H14O.C2H6/c1-2-12-8-10-14(11-9-12)15-13-6-4-3-5-7-13;1-2/h3-11H,2H2,1H3;1-2H3. The second kappa shape index (κ2) is 7.50. The SMILES string of the molecule is CC.CCc1ccc(Oc2ccccc2)cc1. The fraction of sp³-hybridized carbons (Fsp3) is 0.250. The number of para-hydroxylation sites is 1. The molecule has 0 spiro atoms. The van der Waals surface area contributed by atoms with Gasteiger partial charge in [-0.25, -0.2) is 0 Å². The van der Waals surface area contributed by atoms with E-state index in [1.165, 1.54) is 5.56 Å². The van der Waals surface area contributed by atoms with Crippen LogP contribution in [0.1, 0.15) is 26.3 Å². The van der Waals surface area contributed by atoms with Gasteiger partial charge < -0.3 is 4.74 Å². The normalized spacial score (nSPS) is 9.12. The average Bonchev–Trinajstić information content (AvgIpc) is 2.43. The fourth-order valence-electron chi connectivity index (χ4n) is 1.42. The van der Waals surface area contributed by atoms with E-state index >= 15 is 0 Å². The largest absolute Gasteiger partial charge is 0.457 e. The molecule has 0 aliphatic rings. The lowest BCUT2D eigenvalue weighted by atomic mass is 10.2. The third-order valence-corrected chi connectivity index (χ3v) is 2.31. The number of benzene rings is 2. The molecule has 2 aromatic rings. The van der Waals surface area contributed by atoms with Crippen LogP contribution in [-0.4, -0.2) is 0 Å². The summed E-state index contributed by atoms with van der Waals surface area (Å²) in [4.78, 5) is 0. The van der Waals surface area contributed by atoms with Crippen LogP contribution in [0.5, 0.6) is 11.5 Å². The summed E-state index contributed by atoms with van der Waals surface area (Å²) in [6.45, 7) is 6.15. The molecule has 0 aromatic heterocycles. The van der Waals surface area contributed by atoms with Gasteiger partial charge in [0.2, 0.25) is 0 Å². The third-order valence-electron chi connectivity index (χ3n) is 2.31. The summed E-state index contributed by atoms with van der Waals surface area (Å²) in [5.74, 6) is 1.76. The topological polar surface area (TPSA) is 9.23 Å². The van der Waals surface area contributed by atoms with E-state index in [0.717, 1.165) is 17.9 Å². The Bertz CT molecular complexity index is 403. The lowest BCUT2D eigenvalue weighted by Crippen LogP contribution is -1.84. The maximum absolute atomic E-state index is 5.68. The van der Waals surface area contributed by atoms with Crippen LogP contribution >= 0.6 is 0 Å². The zero-order valence-corrected chi connectivity index (χ0v) is 10.8. The van der Waals surface area contributed by atoms with Crippen LogP contribution in [-0.2, 0) is 6.42 Å². The fourth-order valence-corrected chi connectivity index (χ4v) is 1.42. The van der Waals surface area contributed by atoms with Crippen LogP contribution in [0.3, 0.4) is 0 Å². The predicted molar refractivity (Wildman–Crippen MR) is 73.7 cm³/mol. The molecule has 0 amide bonds. The minimum Gasteiger partial charge on any atom is -0.457 e. The molecule has 0 saturated carbocycles. The molecular formula is C16H20O. The molecule has 0 unspecified atom stereocenters. The van der Waals surface area contributed by atoms with Gasteiger partial charge >= 0.3 is 0 Å². The molecule has 0 aliphatic carbocycles. The van der Waals surface area contributed by atoms with Crippen molar-refractivity contribution in [1.82, 2.24) is 0 Å². The quantitative estimate of drug-likeness (QED) is 0.712. The Kier molecular flexibility index (Phi) is 5.87. The van der Waals surface area contributed by atoms with Gasteiger partial charge in [-0.15, -0.1) is 0 Å². The second-order valence-corrected chi connectivity index (χ2v) is 3.41. The Labute approximate surface area is 104 Å². The molecule has 0 radical (unpaired) electrons. The monoisotopic (exact) mass is 228 g/mol. The molecule has 0 atom stereocenters. The molecule has 0 fully saturated rings. The first kappa shape index (κ1) is 13.3. The van der Waals surface area contributed by atoms with Crippen LogP contribution in [0.25, 0.3) is 0 Å². The van der Waals surface area contributed by atoms with Crippen molar-refractivity contribution in [3.8, 4) is 11.5 Å². The van der Waals surface area contributed by atoms with Crippen LogP contribution < -0.4 is 4.74 Å². The zero-order valence-electron chi connectivity index (χ0n) is 10.8. The van der Waals surface area contributed by atoms with E-state index in [2.05, 4.69) is 19.1 Å². The van der Waals surface area contributed by atoms with Crippen LogP contribution in [0.15, 0.2) is 54.6 Å². The van der Waals surface area contributed by atoms with Crippen molar-refractivity contribution in [3.63, 3.8) is 0 Å². The highest BCUT2D eigenvalue weighted by atomic mass is 16.5. The number of hydrogen-bond acceptors (Lipinski definition) is 1. The van der Waals surface area contributed by atoms with E-state index in [1.54, 1.807) is 0 Å². The smallest absolute Gasteiger partial charge is 0.127 e. The minimum atomic E-state index is 0.877. The highest BCUT2D eigenvalue weighted by molar-refractivity contribution is 5.32. The Hall–Kier alpha value is -1.76. The number of rotatable bonds is 3. The molecule has 17 heavy (non-hydrogen) atoms. The van der Waals surface area contributed by atoms with Crippen LogP contribution in [0.2, 0.25) is 0 Å². The first-order chi connectivity index (χ1) is 8.38. The van der Waals surface area contributed by atoms with Crippen molar-refractivity contribution < 1.29 is 4.74 Å². The van der Waals surface area contributed by atoms with E-state index in [4.69, 9.17) is 4.74 Å². The molecule has 0 bridgehead atoms. The van der Waals surface area contributed by atoms with Crippen molar-refractivity contribution in [1.29, 1.82) is 0 Å². The van der Waals surface area contributed by atoms with Crippen molar-refractivity contribution in [2.45, 2.75) is 27.2 Å². The third kappa shape index (κ3) is 4.31. The van der Waals surface area contributed by atoms with E-state index < -0.39 is 0 Å². The van der Waals surface area contributed by atoms with Crippen molar-refractivity contribution in [3.05, 3.63) is 60.2 Å². The van der Waals surface area contributed by atoms with Gasteiger partial charge in [0.1, 0.15) is 11.5 Å². The average molecular weight is 228 g/mol. The molecule has 2 rings (SSSR count). The van der Waals surface area contributed by atoms with Gasteiger partial charge in [-0.3, -0.25) is 0 Å². The molecule has 0 saturated heterocycles. The Morgan fingerprint density at radius 3 is 1.82 bits per heavy atom. The summed E-state index contributed by atoms with van der Waals surface area (Å²) < 4.78 is 5.68. The second-order valence-electron chi connectivity index (χ2n) is 3.41. The summed E-state index contributed by atoms with van der Waals surface area (Å²) >= 11 is 0. The highest BCUT2D eigenvalue weighted by Crippen LogP contribution is 2.20. The summed E-state index contributed by atoms with van der Waals surface area (Å²) in [6, 6.07) is 18.0. The van der Waals surface area contributed by atoms with Crippen molar-refractivity contribution in [2.24, 2.45) is 0 Å². The Balaban J connectivity index is 0.000000686. The Morgan fingerprint density at radius 2 is 1.29 bits per heavy atom. The summed E-state index contributed by atoms with van der Waals surface area (Å²) in [5, 5.41) is 0. The predicted octanol–water partition coefficient (Wildman–Crippen LogP) is 5.07. The van der Waals surface area contributed by atoms with Gasteiger partial charge in [0.05, 0.1) is 0 Å². The molecule has 0 heterocycles. The summed E-state index contributed by atoms with van der Waals surface area (Å²) in [6.07, 6.45) is 1.06. The van der Waals surface area contributed by atoms with Gasteiger partial charge in [0.25, 0.3) is 0 Å². The molecule has 1 nitrogen and oxygen atoms in total. The van der Waals surface area contributed by atoms with E-state index in [1.807, 2.05) is 56.3 Å². The lowest BCUT2D eigenvalue weighted by molar-refractivity contribution is 0.482. The highest BCUT2D eigenvalue weighted by Gasteiger charge is 1.95. The Morgan fingerprint density at radius 1 is 0.765 bits per heavy atom. The maximum atomic E-state index is 5.68. The lowest BCUT2D eigenvalue weighted by Gasteiger charge is -2.05. The van der Waals surface area contributed by atoms with Gasteiger partial charge in [-0.2, -0.15) is 0 Å². The van der Waals surface area contributed by atoms with E-state index in [9.17, 15) is 0 Å². The first-order valence-electron chi connectivity index (χ1n) is 6.20.